The fourth-order valence-electron chi connectivity index (χ4n) is 3.83. The van der Waals surface area contributed by atoms with Crippen molar-refractivity contribution in [2.45, 2.75) is 32.8 Å². The summed E-state index contributed by atoms with van der Waals surface area (Å²) in [6.07, 6.45) is 1.17. The van der Waals surface area contributed by atoms with Gasteiger partial charge in [-0.1, -0.05) is 38.1 Å². The van der Waals surface area contributed by atoms with Crippen LogP contribution in [0.3, 0.4) is 0 Å². The minimum atomic E-state index is -0.227. The van der Waals surface area contributed by atoms with Crippen molar-refractivity contribution in [1.29, 1.82) is 0 Å². The molecule has 5 nitrogen and oxygen atoms in total. The van der Waals surface area contributed by atoms with Crippen LogP contribution in [0.1, 0.15) is 37.5 Å². The van der Waals surface area contributed by atoms with Gasteiger partial charge in [-0.15, -0.1) is 0 Å². The molecule has 1 aromatic carbocycles. The van der Waals surface area contributed by atoms with E-state index >= 15 is 0 Å². The minimum Gasteiger partial charge on any atom is -0.371 e. The van der Waals surface area contributed by atoms with Crippen molar-refractivity contribution in [2.75, 3.05) is 33.3 Å². The SMILES string of the molecule is CC(C)CN1C[C@H](C(=O)N(C)C[C@@H]2OCCc3ccccc32)CC1=O. The van der Waals surface area contributed by atoms with Gasteiger partial charge in [0.1, 0.15) is 6.10 Å². The van der Waals surface area contributed by atoms with E-state index in [1.54, 1.807) is 4.90 Å². The molecule has 0 unspecified atom stereocenters. The van der Waals surface area contributed by atoms with Crippen LogP contribution < -0.4 is 0 Å². The molecule has 136 valence electrons. The third-order valence-electron chi connectivity index (χ3n) is 5.06. The van der Waals surface area contributed by atoms with Crippen molar-refractivity contribution in [3.8, 4) is 0 Å². The number of carbonyl (C=O) groups excluding carboxylic acids is 2. The van der Waals surface area contributed by atoms with Gasteiger partial charge < -0.3 is 14.5 Å². The van der Waals surface area contributed by atoms with E-state index in [9.17, 15) is 9.59 Å². The Kier molecular flexibility index (Phi) is 5.42. The Bertz CT molecular complexity index is 644. The summed E-state index contributed by atoms with van der Waals surface area (Å²) in [5, 5.41) is 0. The molecule has 0 spiro atoms. The number of amides is 2. The van der Waals surface area contributed by atoms with Gasteiger partial charge in [-0.3, -0.25) is 9.59 Å². The van der Waals surface area contributed by atoms with Crippen LogP contribution in [0, 0.1) is 11.8 Å². The van der Waals surface area contributed by atoms with Gasteiger partial charge in [0.05, 0.1) is 19.1 Å². The molecular weight excluding hydrogens is 316 g/mol. The average molecular weight is 344 g/mol. The topological polar surface area (TPSA) is 49.9 Å². The minimum absolute atomic E-state index is 0.0475. The molecular formula is C20H28N2O3. The third kappa shape index (κ3) is 4.03. The maximum absolute atomic E-state index is 12.8. The van der Waals surface area contributed by atoms with Crippen LogP contribution in [0.15, 0.2) is 24.3 Å². The standard InChI is InChI=1S/C20H28N2O3/c1-14(2)11-22-12-16(10-19(22)23)20(24)21(3)13-18-17-7-5-4-6-15(17)8-9-25-18/h4-7,14,16,18H,8-13H2,1-3H3/t16-,18+/m1/s1. The van der Waals surface area contributed by atoms with Gasteiger partial charge in [0, 0.05) is 26.6 Å². The fourth-order valence-corrected chi connectivity index (χ4v) is 3.83. The Morgan fingerprint density at radius 3 is 2.88 bits per heavy atom. The largest absolute Gasteiger partial charge is 0.371 e. The molecule has 2 atom stereocenters. The van der Waals surface area contributed by atoms with E-state index in [1.165, 1.54) is 11.1 Å². The fraction of sp³-hybridized carbons (Fsp3) is 0.600. The van der Waals surface area contributed by atoms with Gasteiger partial charge in [0.2, 0.25) is 11.8 Å². The molecule has 2 heterocycles. The number of benzene rings is 1. The molecule has 1 saturated heterocycles. The number of carbonyl (C=O) groups is 2. The number of likely N-dealkylation sites (N-methyl/N-ethyl adjacent to an activating group) is 1. The Balaban J connectivity index is 1.62. The average Bonchev–Trinajstić information content (AvgIpc) is 2.94. The molecule has 0 radical (unpaired) electrons. The summed E-state index contributed by atoms with van der Waals surface area (Å²) < 4.78 is 5.91. The lowest BCUT2D eigenvalue weighted by Gasteiger charge is -2.30. The number of nitrogens with zero attached hydrogens (tertiary/aromatic N) is 2. The lowest BCUT2D eigenvalue weighted by molar-refractivity contribution is -0.136. The Morgan fingerprint density at radius 1 is 1.36 bits per heavy atom. The number of likely N-dealkylation sites (tertiary alicyclic amines) is 1. The highest BCUT2D eigenvalue weighted by atomic mass is 16.5. The molecule has 0 N–H and O–H groups in total. The third-order valence-corrected chi connectivity index (χ3v) is 5.06. The summed E-state index contributed by atoms with van der Waals surface area (Å²) in [4.78, 5) is 28.5. The molecule has 25 heavy (non-hydrogen) atoms. The van der Waals surface area contributed by atoms with Crippen molar-refractivity contribution in [1.82, 2.24) is 9.80 Å². The molecule has 0 aromatic heterocycles. The van der Waals surface area contributed by atoms with E-state index in [0.717, 1.165) is 13.0 Å². The zero-order valence-electron chi connectivity index (χ0n) is 15.4. The van der Waals surface area contributed by atoms with Crippen LogP contribution in [0.25, 0.3) is 0 Å². The van der Waals surface area contributed by atoms with Gasteiger partial charge >= 0.3 is 0 Å². The zero-order valence-corrected chi connectivity index (χ0v) is 15.4. The van der Waals surface area contributed by atoms with Crippen LogP contribution in [-0.2, 0) is 20.7 Å². The summed E-state index contributed by atoms with van der Waals surface area (Å²) in [5.74, 6) is 0.337. The zero-order chi connectivity index (χ0) is 18.0. The smallest absolute Gasteiger partial charge is 0.227 e. The monoisotopic (exact) mass is 344 g/mol. The first-order valence-electron chi connectivity index (χ1n) is 9.18. The van der Waals surface area contributed by atoms with E-state index in [-0.39, 0.29) is 23.8 Å². The molecule has 1 fully saturated rings. The lowest BCUT2D eigenvalue weighted by atomic mass is 9.97. The maximum atomic E-state index is 12.8. The van der Waals surface area contributed by atoms with Crippen molar-refractivity contribution >= 4 is 11.8 Å². The maximum Gasteiger partial charge on any atom is 0.227 e. The molecule has 1 aromatic rings. The second-order valence-electron chi connectivity index (χ2n) is 7.62. The first-order chi connectivity index (χ1) is 12.0. The Hall–Kier alpha value is -1.88. The van der Waals surface area contributed by atoms with Crippen LogP contribution in [0.4, 0.5) is 0 Å². The Morgan fingerprint density at radius 2 is 2.12 bits per heavy atom. The molecule has 2 amide bonds. The first kappa shape index (κ1) is 17.9. The van der Waals surface area contributed by atoms with E-state index in [0.29, 0.717) is 32.0 Å². The van der Waals surface area contributed by atoms with E-state index in [1.807, 2.05) is 24.1 Å². The van der Waals surface area contributed by atoms with Crippen LogP contribution >= 0.6 is 0 Å². The second-order valence-corrected chi connectivity index (χ2v) is 7.62. The van der Waals surface area contributed by atoms with Gasteiger partial charge in [-0.25, -0.2) is 0 Å². The quantitative estimate of drug-likeness (QED) is 0.823. The number of rotatable bonds is 5. The second kappa shape index (κ2) is 7.56. The molecule has 0 aliphatic carbocycles. The van der Waals surface area contributed by atoms with E-state index in [4.69, 9.17) is 4.74 Å². The summed E-state index contributed by atoms with van der Waals surface area (Å²) in [5.41, 5.74) is 2.48. The van der Waals surface area contributed by atoms with Gasteiger partial charge in [-0.2, -0.15) is 0 Å². The summed E-state index contributed by atoms with van der Waals surface area (Å²) in [6.45, 7) is 6.67. The Labute approximate surface area is 149 Å². The highest BCUT2D eigenvalue weighted by Crippen LogP contribution is 2.28. The summed E-state index contributed by atoms with van der Waals surface area (Å²) in [7, 11) is 1.82. The highest BCUT2D eigenvalue weighted by Gasteiger charge is 2.36. The molecule has 2 aliphatic rings. The van der Waals surface area contributed by atoms with Crippen LogP contribution in [0.2, 0.25) is 0 Å². The summed E-state index contributed by atoms with van der Waals surface area (Å²) >= 11 is 0. The highest BCUT2D eigenvalue weighted by molar-refractivity contribution is 5.89. The normalized spacial score (nSPS) is 23.0. The van der Waals surface area contributed by atoms with Crippen molar-refractivity contribution in [3.63, 3.8) is 0 Å². The van der Waals surface area contributed by atoms with Gasteiger partial charge in [-0.05, 0) is 23.5 Å². The number of ether oxygens (including phenoxy) is 1. The number of fused-ring (bicyclic) bond motifs is 1. The van der Waals surface area contributed by atoms with E-state index in [2.05, 4.69) is 26.0 Å². The number of hydrogen-bond acceptors (Lipinski definition) is 3. The predicted octanol–water partition coefficient (Wildman–Crippen LogP) is 2.26. The van der Waals surface area contributed by atoms with Crippen molar-refractivity contribution in [2.24, 2.45) is 11.8 Å². The van der Waals surface area contributed by atoms with E-state index < -0.39 is 0 Å². The van der Waals surface area contributed by atoms with Crippen molar-refractivity contribution < 1.29 is 14.3 Å². The van der Waals surface area contributed by atoms with Crippen LogP contribution in [-0.4, -0.2) is 54.9 Å². The van der Waals surface area contributed by atoms with Crippen LogP contribution in [0.5, 0.6) is 0 Å². The summed E-state index contributed by atoms with van der Waals surface area (Å²) in [6, 6.07) is 8.28. The number of hydrogen-bond donors (Lipinski definition) is 0. The molecule has 0 bridgehead atoms. The molecule has 5 heteroatoms. The van der Waals surface area contributed by atoms with Gasteiger partial charge in [0.15, 0.2) is 0 Å². The molecule has 0 saturated carbocycles. The van der Waals surface area contributed by atoms with Gasteiger partial charge in [0.25, 0.3) is 0 Å². The first-order valence-corrected chi connectivity index (χ1v) is 9.18. The van der Waals surface area contributed by atoms with Crippen molar-refractivity contribution in [3.05, 3.63) is 35.4 Å². The molecule has 3 rings (SSSR count). The predicted molar refractivity (Wildman–Crippen MR) is 96.0 cm³/mol. The lowest BCUT2D eigenvalue weighted by Crippen LogP contribution is -2.38. The molecule has 2 aliphatic heterocycles.